The number of anilines is 2. The SMILES string of the molecule is CCN(c1cnnc(NC(C)C)n1)C1CCS(=O)(=O)C1. The van der Waals surface area contributed by atoms with Crippen LogP contribution >= 0.6 is 0 Å². The van der Waals surface area contributed by atoms with Gasteiger partial charge in [-0.1, -0.05) is 0 Å². The fourth-order valence-corrected chi connectivity index (χ4v) is 4.11. The number of aromatic nitrogens is 3. The second-order valence-corrected chi connectivity index (χ2v) is 7.51. The first-order valence-corrected chi connectivity index (χ1v) is 8.66. The summed E-state index contributed by atoms with van der Waals surface area (Å²) in [5.74, 6) is 1.59. The molecule has 7 nitrogen and oxygen atoms in total. The van der Waals surface area contributed by atoms with Crippen molar-refractivity contribution in [1.29, 1.82) is 0 Å². The number of rotatable bonds is 5. The molecule has 0 aromatic carbocycles. The summed E-state index contributed by atoms with van der Waals surface area (Å²) in [5.41, 5.74) is 0. The average molecular weight is 299 g/mol. The largest absolute Gasteiger partial charge is 0.351 e. The zero-order valence-corrected chi connectivity index (χ0v) is 12.9. The molecule has 8 heteroatoms. The van der Waals surface area contributed by atoms with Crippen LogP contribution in [-0.4, -0.2) is 53.7 Å². The summed E-state index contributed by atoms with van der Waals surface area (Å²) in [6.45, 7) is 6.68. The summed E-state index contributed by atoms with van der Waals surface area (Å²) >= 11 is 0. The maximum atomic E-state index is 11.6. The molecule has 1 aromatic heterocycles. The molecule has 1 atom stereocenters. The second kappa shape index (κ2) is 5.90. The van der Waals surface area contributed by atoms with Gasteiger partial charge in [-0.25, -0.2) is 8.42 Å². The molecule has 1 unspecified atom stereocenters. The Kier molecular flexibility index (Phi) is 4.42. The fraction of sp³-hybridized carbons (Fsp3) is 0.750. The van der Waals surface area contributed by atoms with Crippen LogP contribution in [0.1, 0.15) is 27.2 Å². The Morgan fingerprint density at radius 2 is 2.25 bits per heavy atom. The third kappa shape index (κ3) is 3.56. The van der Waals surface area contributed by atoms with Gasteiger partial charge in [0.15, 0.2) is 15.7 Å². The Hall–Kier alpha value is -1.44. The minimum Gasteiger partial charge on any atom is -0.351 e. The quantitative estimate of drug-likeness (QED) is 0.856. The molecule has 1 aliphatic heterocycles. The van der Waals surface area contributed by atoms with Crippen molar-refractivity contribution in [1.82, 2.24) is 15.2 Å². The summed E-state index contributed by atoms with van der Waals surface area (Å²) in [6.07, 6.45) is 2.23. The first kappa shape index (κ1) is 15.0. The summed E-state index contributed by atoms with van der Waals surface area (Å²) in [6, 6.07) is 0.197. The van der Waals surface area contributed by atoms with Gasteiger partial charge in [-0.15, -0.1) is 5.10 Å². The van der Waals surface area contributed by atoms with Gasteiger partial charge in [0, 0.05) is 18.6 Å². The fourth-order valence-electron chi connectivity index (χ4n) is 2.38. The van der Waals surface area contributed by atoms with Crippen LogP contribution in [0.25, 0.3) is 0 Å². The Balaban J connectivity index is 2.19. The van der Waals surface area contributed by atoms with E-state index < -0.39 is 9.84 Å². The first-order chi connectivity index (χ1) is 9.41. The lowest BCUT2D eigenvalue weighted by atomic mass is 10.2. The Morgan fingerprint density at radius 1 is 1.50 bits per heavy atom. The lowest BCUT2D eigenvalue weighted by molar-refractivity contribution is 0.599. The molecule has 112 valence electrons. The lowest BCUT2D eigenvalue weighted by Gasteiger charge is -2.27. The van der Waals surface area contributed by atoms with E-state index in [-0.39, 0.29) is 23.6 Å². The van der Waals surface area contributed by atoms with Gasteiger partial charge in [0.25, 0.3) is 0 Å². The van der Waals surface area contributed by atoms with Crippen molar-refractivity contribution in [2.24, 2.45) is 0 Å². The summed E-state index contributed by atoms with van der Waals surface area (Å²) in [5, 5.41) is 11.0. The molecule has 0 amide bonds. The van der Waals surface area contributed by atoms with E-state index in [2.05, 4.69) is 20.5 Å². The van der Waals surface area contributed by atoms with Crippen LogP contribution in [-0.2, 0) is 9.84 Å². The molecule has 1 saturated heterocycles. The van der Waals surface area contributed by atoms with Gasteiger partial charge in [0.2, 0.25) is 5.95 Å². The maximum Gasteiger partial charge on any atom is 0.244 e. The molecule has 2 rings (SSSR count). The van der Waals surface area contributed by atoms with Gasteiger partial charge < -0.3 is 10.2 Å². The number of sulfone groups is 1. The van der Waals surface area contributed by atoms with Crippen LogP contribution in [0, 0.1) is 0 Å². The topological polar surface area (TPSA) is 88.1 Å². The van der Waals surface area contributed by atoms with Crippen molar-refractivity contribution in [2.45, 2.75) is 39.3 Å². The third-order valence-corrected chi connectivity index (χ3v) is 5.00. The number of nitrogens with zero attached hydrogens (tertiary/aromatic N) is 4. The van der Waals surface area contributed by atoms with Gasteiger partial charge in [-0.05, 0) is 27.2 Å². The van der Waals surface area contributed by atoms with Gasteiger partial charge in [0.05, 0.1) is 17.7 Å². The van der Waals surface area contributed by atoms with E-state index in [1.807, 2.05) is 25.7 Å². The lowest BCUT2D eigenvalue weighted by Crippen LogP contribution is -2.37. The summed E-state index contributed by atoms with van der Waals surface area (Å²) in [4.78, 5) is 6.41. The van der Waals surface area contributed by atoms with Crippen LogP contribution in [0.3, 0.4) is 0 Å². The van der Waals surface area contributed by atoms with Crippen molar-refractivity contribution in [3.63, 3.8) is 0 Å². The molecular weight excluding hydrogens is 278 g/mol. The van der Waals surface area contributed by atoms with Crippen LogP contribution in [0.15, 0.2) is 6.20 Å². The van der Waals surface area contributed by atoms with E-state index in [0.29, 0.717) is 24.7 Å². The van der Waals surface area contributed by atoms with Gasteiger partial charge in [-0.2, -0.15) is 10.1 Å². The van der Waals surface area contributed by atoms with Gasteiger partial charge >= 0.3 is 0 Å². The van der Waals surface area contributed by atoms with Crippen molar-refractivity contribution in [3.8, 4) is 0 Å². The monoisotopic (exact) mass is 299 g/mol. The smallest absolute Gasteiger partial charge is 0.244 e. The van der Waals surface area contributed by atoms with E-state index in [4.69, 9.17) is 0 Å². The summed E-state index contributed by atoms with van der Waals surface area (Å²) < 4.78 is 23.2. The van der Waals surface area contributed by atoms with Crippen LogP contribution in [0.4, 0.5) is 11.8 Å². The minimum atomic E-state index is -2.91. The zero-order chi connectivity index (χ0) is 14.8. The van der Waals surface area contributed by atoms with Crippen LogP contribution in [0.5, 0.6) is 0 Å². The molecule has 0 radical (unpaired) electrons. The molecule has 2 heterocycles. The highest BCUT2D eigenvalue weighted by Gasteiger charge is 2.32. The molecule has 0 saturated carbocycles. The first-order valence-electron chi connectivity index (χ1n) is 6.84. The normalized spacial score (nSPS) is 21.1. The van der Waals surface area contributed by atoms with Crippen LogP contribution < -0.4 is 10.2 Å². The van der Waals surface area contributed by atoms with Gasteiger partial charge in [0.1, 0.15) is 0 Å². The molecule has 1 aromatic rings. The molecule has 1 fully saturated rings. The number of nitrogens with one attached hydrogen (secondary N) is 1. The molecule has 0 bridgehead atoms. The highest BCUT2D eigenvalue weighted by atomic mass is 32.2. The molecule has 20 heavy (non-hydrogen) atoms. The van der Waals surface area contributed by atoms with Crippen molar-refractivity contribution < 1.29 is 8.42 Å². The van der Waals surface area contributed by atoms with E-state index in [1.54, 1.807) is 6.20 Å². The second-order valence-electron chi connectivity index (χ2n) is 5.28. The number of hydrogen-bond donors (Lipinski definition) is 1. The Morgan fingerprint density at radius 3 is 2.80 bits per heavy atom. The third-order valence-electron chi connectivity index (χ3n) is 3.25. The van der Waals surface area contributed by atoms with Crippen LogP contribution in [0.2, 0.25) is 0 Å². The Bertz CT molecular complexity index is 561. The molecule has 1 aliphatic rings. The predicted molar refractivity (Wildman–Crippen MR) is 78.7 cm³/mol. The van der Waals surface area contributed by atoms with Crippen molar-refractivity contribution in [2.75, 3.05) is 28.3 Å². The zero-order valence-electron chi connectivity index (χ0n) is 12.1. The van der Waals surface area contributed by atoms with Crippen molar-refractivity contribution >= 4 is 21.6 Å². The van der Waals surface area contributed by atoms with Crippen molar-refractivity contribution in [3.05, 3.63) is 6.20 Å². The highest BCUT2D eigenvalue weighted by Crippen LogP contribution is 2.22. The van der Waals surface area contributed by atoms with E-state index in [0.717, 1.165) is 0 Å². The summed E-state index contributed by atoms with van der Waals surface area (Å²) in [7, 11) is -2.91. The molecular formula is C12H21N5O2S. The minimum absolute atomic E-state index is 0.0198. The van der Waals surface area contributed by atoms with E-state index >= 15 is 0 Å². The maximum absolute atomic E-state index is 11.6. The van der Waals surface area contributed by atoms with Gasteiger partial charge in [-0.3, -0.25) is 0 Å². The standard InChI is InChI=1S/C12H21N5O2S/c1-4-17(10-5-6-20(18,19)8-10)11-7-13-16-12(15-11)14-9(2)3/h7,9-10H,4-6,8H2,1-3H3,(H,14,15,16). The number of hydrogen-bond acceptors (Lipinski definition) is 7. The van der Waals surface area contributed by atoms with E-state index in [9.17, 15) is 8.42 Å². The predicted octanol–water partition coefficient (Wildman–Crippen LogP) is 0.705. The molecule has 0 aliphatic carbocycles. The molecule has 0 spiro atoms. The average Bonchev–Trinajstić information content (AvgIpc) is 2.70. The molecule has 1 N–H and O–H groups in total. The Labute approximate surface area is 119 Å². The highest BCUT2D eigenvalue weighted by molar-refractivity contribution is 7.91. The van der Waals surface area contributed by atoms with E-state index in [1.165, 1.54) is 0 Å².